The van der Waals surface area contributed by atoms with E-state index in [2.05, 4.69) is 0 Å². The Morgan fingerprint density at radius 3 is 2.69 bits per heavy atom. The molecule has 26 heavy (non-hydrogen) atoms. The van der Waals surface area contributed by atoms with Gasteiger partial charge in [0.2, 0.25) is 17.7 Å². The first-order valence-electron chi connectivity index (χ1n) is 8.91. The maximum atomic E-state index is 12.7. The summed E-state index contributed by atoms with van der Waals surface area (Å²) in [6.07, 6.45) is 1.76. The number of likely N-dealkylation sites (N-methyl/N-ethyl adjacent to an activating group) is 1. The van der Waals surface area contributed by atoms with Crippen LogP contribution >= 0.6 is 0 Å². The molecule has 0 radical (unpaired) electrons. The van der Waals surface area contributed by atoms with Crippen LogP contribution in [0.2, 0.25) is 0 Å². The highest BCUT2D eigenvalue weighted by molar-refractivity contribution is 5.88. The van der Waals surface area contributed by atoms with Gasteiger partial charge >= 0.3 is 0 Å². The van der Waals surface area contributed by atoms with E-state index < -0.39 is 0 Å². The van der Waals surface area contributed by atoms with Crippen molar-refractivity contribution in [3.8, 4) is 5.75 Å². The number of hydrogen-bond acceptors (Lipinski definition) is 4. The Balaban J connectivity index is 1.71. The van der Waals surface area contributed by atoms with Crippen LogP contribution in [0.1, 0.15) is 18.4 Å². The number of phenols is 1. The van der Waals surface area contributed by atoms with Crippen LogP contribution in [0, 0.1) is 5.92 Å². The van der Waals surface area contributed by atoms with Crippen molar-refractivity contribution in [3.63, 3.8) is 0 Å². The van der Waals surface area contributed by atoms with Crippen LogP contribution in [0.5, 0.6) is 5.75 Å². The predicted octanol–water partition coefficient (Wildman–Crippen LogP) is 0.472. The van der Waals surface area contributed by atoms with Gasteiger partial charge in [-0.2, -0.15) is 0 Å². The molecule has 3 aliphatic rings. The number of hydrogen-bond donors (Lipinski definition) is 1. The minimum Gasteiger partial charge on any atom is -0.508 e. The second-order valence-corrected chi connectivity index (χ2v) is 7.33. The standard InChI is InChI=1S/C19H25N3O4/c1-20(2)18(25)12-22-15-7-6-14(19(22)26)10-21(11-15)17(24)9-13-4-3-5-16(23)8-13/h3-5,8,14-15,23H,6-7,9-12H2,1-2H3. The summed E-state index contributed by atoms with van der Waals surface area (Å²) in [7, 11) is 3.35. The predicted molar refractivity (Wildman–Crippen MR) is 95.3 cm³/mol. The normalized spacial score (nSPS) is 22.3. The van der Waals surface area contributed by atoms with Crippen LogP contribution in [0.15, 0.2) is 24.3 Å². The third kappa shape index (κ3) is 3.81. The Kier molecular flexibility index (Phi) is 5.15. The van der Waals surface area contributed by atoms with E-state index in [1.54, 1.807) is 48.2 Å². The van der Waals surface area contributed by atoms with Gasteiger partial charge in [-0.25, -0.2) is 0 Å². The molecule has 0 aromatic heterocycles. The lowest BCUT2D eigenvalue weighted by Gasteiger charge is -2.35. The molecule has 140 valence electrons. The fraction of sp³-hybridized carbons (Fsp3) is 0.526. The van der Waals surface area contributed by atoms with Crippen LogP contribution in [0.4, 0.5) is 0 Å². The minimum absolute atomic E-state index is 0.0240. The van der Waals surface area contributed by atoms with Gasteiger partial charge in [0.1, 0.15) is 12.3 Å². The highest BCUT2D eigenvalue weighted by Crippen LogP contribution is 2.29. The molecule has 2 unspecified atom stereocenters. The minimum atomic E-state index is -0.239. The summed E-state index contributed by atoms with van der Waals surface area (Å²) in [6.45, 7) is 0.932. The number of carbonyl (C=O) groups is 3. The Morgan fingerprint density at radius 1 is 1.23 bits per heavy atom. The van der Waals surface area contributed by atoms with E-state index in [4.69, 9.17) is 0 Å². The highest BCUT2D eigenvalue weighted by atomic mass is 16.3. The lowest BCUT2D eigenvalue weighted by atomic mass is 9.94. The highest BCUT2D eigenvalue weighted by Gasteiger charge is 2.42. The molecule has 3 fully saturated rings. The van der Waals surface area contributed by atoms with E-state index in [9.17, 15) is 19.5 Å². The number of piperidine rings is 1. The molecule has 0 spiro atoms. The first kappa shape index (κ1) is 18.2. The van der Waals surface area contributed by atoms with Gasteiger partial charge in [-0.3, -0.25) is 14.4 Å². The number of benzene rings is 1. The van der Waals surface area contributed by atoms with Gasteiger partial charge in [0.25, 0.3) is 0 Å². The number of rotatable bonds is 4. The van der Waals surface area contributed by atoms with Gasteiger partial charge < -0.3 is 19.8 Å². The van der Waals surface area contributed by atoms with E-state index >= 15 is 0 Å². The second-order valence-electron chi connectivity index (χ2n) is 7.33. The molecule has 4 rings (SSSR count). The number of carbonyl (C=O) groups excluding carboxylic acids is 3. The largest absolute Gasteiger partial charge is 0.508 e. The van der Waals surface area contributed by atoms with Crippen molar-refractivity contribution in [2.24, 2.45) is 5.92 Å². The third-order valence-corrected chi connectivity index (χ3v) is 5.22. The molecule has 0 aliphatic carbocycles. The first-order chi connectivity index (χ1) is 12.3. The number of amides is 3. The average molecular weight is 359 g/mol. The molecule has 1 N–H and O–H groups in total. The molecule has 1 aromatic rings. The van der Waals surface area contributed by atoms with Crippen LogP contribution < -0.4 is 0 Å². The van der Waals surface area contributed by atoms with Crippen LogP contribution in [0.3, 0.4) is 0 Å². The summed E-state index contributed by atoms with van der Waals surface area (Å²) in [4.78, 5) is 42.4. The van der Waals surface area contributed by atoms with Crippen molar-refractivity contribution in [1.82, 2.24) is 14.7 Å². The summed E-state index contributed by atoms with van der Waals surface area (Å²) in [5.74, 6) is -0.291. The number of nitrogens with zero attached hydrogens (tertiary/aromatic N) is 3. The summed E-state index contributed by atoms with van der Waals surface area (Å²) in [5.41, 5.74) is 0.748. The maximum Gasteiger partial charge on any atom is 0.241 e. The van der Waals surface area contributed by atoms with Crippen LogP contribution in [0.25, 0.3) is 0 Å². The number of aromatic hydroxyl groups is 1. The van der Waals surface area contributed by atoms with Crippen molar-refractivity contribution in [2.45, 2.75) is 25.3 Å². The zero-order valence-corrected chi connectivity index (χ0v) is 15.2. The van der Waals surface area contributed by atoms with Crippen molar-refractivity contribution in [1.29, 1.82) is 0 Å². The molecule has 3 aliphatic heterocycles. The summed E-state index contributed by atoms with van der Waals surface area (Å²) < 4.78 is 0. The van der Waals surface area contributed by atoms with Gasteiger partial charge in [-0.05, 0) is 30.5 Å². The first-order valence-corrected chi connectivity index (χ1v) is 8.91. The van der Waals surface area contributed by atoms with Crippen LogP contribution in [-0.4, -0.2) is 77.3 Å². The lowest BCUT2D eigenvalue weighted by molar-refractivity contribution is -0.145. The molecule has 2 bridgehead atoms. The number of phenolic OH excluding ortho intramolecular Hbond substituents is 1. The molecular formula is C19H25N3O4. The van der Waals surface area contributed by atoms with Gasteiger partial charge in [0.15, 0.2) is 0 Å². The quantitative estimate of drug-likeness (QED) is 0.848. The Bertz CT molecular complexity index is 718. The van der Waals surface area contributed by atoms with E-state index in [-0.39, 0.29) is 48.4 Å². The fourth-order valence-electron chi connectivity index (χ4n) is 3.69. The van der Waals surface area contributed by atoms with Gasteiger partial charge in [-0.1, -0.05) is 12.1 Å². The Hall–Kier alpha value is -2.57. The lowest BCUT2D eigenvalue weighted by Crippen LogP contribution is -2.51. The van der Waals surface area contributed by atoms with E-state index in [1.807, 2.05) is 0 Å². The van der Waals surface area contributed by atoms with E-state index in [1.165, 1.54) is 4.90 Å². The van der Waals surface area contributed by atoms with Crippen molar-refractivity contribution >= 4 is 17.7 Å². The molecule has 0 saturated carbocycles. The topological polar surface area (TPSA) is 81.2 Å². The van der Waals surface area contributed by atoms with Crippen molar-refractivity contribution in [2.75, 3.05) is 33.7 Å². The van der Waals surface area contributed by atoms with Gasteiger partial charge in [0.05, 0.1) is 12.3 Å². The molecule has 3 heterocycles. The molecule has 7 nitrogen and oxygen atoms in total. The monoisotopic (exact) mass is 359 g/mol. The average Bonchev–Trinajstić information content (AvgIpc) is 2.87. The molecule has 2 atom stereocenters. The maximum absolute atomic E-state index is 12.7. The molecular weight excluding hydrogens is 334 g/mol. The fourth-order valence-corrected chi connectivity index (χ4v) is 3.69. The van der Waals surface area contributed by atoms with E-state index in [0.29, 0.717) is 13.1 Å². The van der Waals surface area contributed by atoms with Crippen molar-refractivity contribution < 1.29 is 19.5 Å². The molecule has 7 heteroatoms. The van der Waals surface area contributed by atoms with Crippen LogP contribution in [-0.2, 0) is 20.8 Å². The Labute approximate surface area is 153 Å². The van der Waals surface area contributed by atoms with Crippen molar-refractivity contribution in [3.05, 3.63) is 29.8 Å². The summed E-state index contributed by atoms with van der Waals surface area (Å²) in [6, 6.07) is 6.55. The molecule has 1 aromatic carbocycles. The third-order valence-electron chi connectivity index (χ3n) is 5.22. The van der Waals surface area contributed by atoms with E-state index in [0.717, 1.165) is 18.4 Å². The summed E-state index contributed by atoms with van der Waals surface area (Å²) in [5, 5.41) is 9.56. The Morgan fingerprint density at radius 2 is 2.00 bits per heavy atom. The zero-order chi connectivity index (χ0) is 18.8. The SMILES string of the molecule is CN(C)C(=O)CN1C(=O)C2CCC1CN(C(=O)Cc1cccc(O)c1)C2. The van der Waals surface area contributed by atoms with Gasteiger partial charge in [0, 0.05) is 33.2 Å². The molecule has 3 amide bonds. The second kappa shape index (κ2) is 7.35. The molecule has 3 saturated heterocycles. The van der Waals surface area contributed by atoms with Gasteiger partial charge in [-0.15, -0.1) is 0 Å². The number of fused-ring (bicyclic) bond motifs is 4. The zero-order valence-electron chi connectivity index (χ0n) is 15.2. The smallest absolute Gasteiger partial charge is 0.241 e. The summed E-state index contributed by atoms with van der Waals surface area (Å²) >= 11 is 0.